The van der Waals surface area contributed by atoms with Crippen molar-refractivity contribution in [3.8, 4) is 0 Å². The number of amides is 1. The van der Waals surface area contributed by atoms with Crippen LogP contribution in [0.25, 0.3) is 0 Å². The molecule has 5 heteroatoms. The molecule has 0 saturated heterocycles. The molecule has 1 aliphatic carbocycles. The Balaban J connectivity index is 0.00000220. The molecule has 1 aliphatic rings. The molecule has 118 valence electrons. The number of benzene rings is 1. The number of nitrogens with one attached hydrogen (secondary N) is 1. The van der Waals surface area contributed by atoms with Gasteiger partial charge in [0, 0.05) is 10.5 Å². The van der Waals surface area contributed by atoms with Crippen molar-refractivity contribution in [2.45, 2.75) is 57.0 Å². The molecule has 0 bridgehead atoms. The van der Waals surface area contributed by atoms with E-state index in [1.807, 2.05) is 19.1 Å². The second kappa shape index (κ2) is 8.16. The zero-order valence-corrected chi connectivity index (χ0v) is 14.8. The summed E-state index contributed by atoms with van der Waals surface area (Å²) in [6.07, 6.45) is 5.76. The Labute approximate surface area is 141 Å². The first-order valence-corrected chi connectivity index (χ1v) is 8.13. The van der Waals surface area contributed by atoms with Gasteiger partial charge >= 0.3 is 0 Å². The van der Waals surface area contributed by atoms with Crippen LogP contribution in [0.1, 0.15) is 44.6 Å². The summed E-state index contributed by atoms with van der Waals surface area (Å²) in [7, 11) is 0. The van der Waals surface area contributed by atoms with E-state index in [9.17, 15) is 4.79 Å². The fraction of sp³-hybridized carbons (Fsp3) is 0.562. The summed E-state index contributed by atoms with van der Waals surface area (Å²) in [5.41, 5.74) is 6.82. The molecular weight excluding hydrogens is 352 g/mol. The van der Waals surface area contributed by atoms with Crippen LogP contribution in [0.4, 0.5) is 0 Å². The first-order valence-electron chi connectivity index (χ1n) is 7.34. The van der Waals surface area contributed by atoms with E-state index in [0.29, 0.717) is 0 Å². The second-order valence-corrected chi connectivity index (χ2v) is 6.84. The smallest absolute Gasteiger partial charge is 0.240 e. The lowest BCUT2D eigenvalue weighted by Gasteiger charge is -2.33. The van der Waals surface area contributed by atoms with E-state index >= 15 is 0 Å². The van der Waals surface area contributed by atoms with E-state index < -0.39 is 5.54 Å². The monoisotopic (exact) mass is 374 g/mol. The summed E-state index contributed by atoms with van der Waals surface area (Å²) < 4.78 is 1.07. The van der Waals surface area contributed by atoms with Crippen molar-refractivity contribution < 1.29 is 4.79 Å². The maximum absolute atomic E-state index is 12.3. The van der Waals surface area contributed by atoms with Crippen LogP contribution in [0.3, 0.4) is 0 Å². The van der Waals surface area contributed by atoms with Crippen LogP contribution in [-0.4, -0.2) is 17.5 Å². The van der Waals surface area contributed by atoms with Gasteiger partial charge < -0.3 is 11.1 Å². The fourth-order valence-electron chi connectivity index (χ4n) is 2.80. The zero-order chi connectivity index (χ0) is 14.6. The van der Waals surface area contributed by atoms with Gasteiger partial charge in [-0.2, -0.15) is 0 Å². The topological polar surface area (TPSA) is 55.1 Å². The van der Waals surface area contributed by atoms with Crippen LogP contribution in [0.2, 0.25) is 0 Å². The molecule has 1 amide bonds. The Bertz CT molecular complexity index is 458. The molecule has 3 nitrogen and oxygen atoms in total. The predicted molar refractivity (Wildman–Crippen MR) is 92.7 cm³/mol. The lowest BCUT2D eigenvalue weighted by Crippen LogP contribution is -2.56. The van der Waals surface area contributed by atoms with Crippen molar-refractivity contribution in [3.05, 3.63) is 34.3 Å². The Morgan fingerprint density at radius 1 is 1.29 bits per heavy atom. The summed E-state index contributed by atoms with van der Waals surface area (Å²) in [4.78, 5) is 12.3. The number of halogens is 2. The van der Waals surface area contributed by atoms with Crippen LogP contribution in [0.5, 0.6) is 0 Å². The molecule has 21 heavy (non-hydrogen) atoms. The van der Waals surface area contributed by atoms with E-state index in [-0.39, 0.29) is 24.4 Å². The Morgan fingerprint density at radius 2 is 1.86 bits per heavy atom. The van der Waals surface area contributed by atoms with Crippen LogP contribution in [0, 0.1) is 0 Å². The number of hydrogen-bond acceptors (Lipinski definition) is 2. The van der Waals surface area contributed by atoms with Gasteiger partial charge in [-0.3, -0.25) is 4.79 Å². The van der Waals surface area contributed by atoms with Crippen molar-refractivity contribution in [3.63, 3.8) is 0 Å². The maximum Gasteiger partial charge on any atom is 0.240 e. The largest absolute Gasteiger partial charge is 0.352 e. The van der Waals surface area contributed by atoms with Gasteiger partial charge in [0.15, 0.2) is 0 Å². The summed E-state index contributed by atoms with van der Waals surface area (Å²) in [6.45, 7) is 2.03. The maximum atomic E-state index is 12.3. The molecule has 0 radical (unpaired) electrons. The summed E-state index contributed by atoms with van der Waals surface area (Å²) in [5.74, 6) is 0.0156. The van der Waals surface area contributed by atoms with Gasteiger partial charge in [-0.05, 0) is 43.9 Å². The predicted octanol–water partition coefficient (Wildman–Crippen LogP) is 3.58. The van der Waals surface area contributed by atoms with Crippen molar-refractivity contribution in [2.24, 2.45) is 5.73 Å². The molecule has 1 atom stereocenters. The van der Waals surface area contributed by atoms with E-state index in [4.69, 9.17) is 5.73 Å². The number of hydrogen-bond donors (Lipinski definition) is 2. The molecule has 0 spiro atoms. The normalized spacial score (nSPS) is 18.4. The SMILES string of the molecule is CC(Cc1ccc(Br)cc1)NC(=O)C1(N)CCCCC1.Cl. The van der Waals surface area contributed by atoms with Crippen LogP contribution >= 0.6 is 28.3 Å². The van der Waals surface area contributed by atoms with Crippen LogP contribution in [-0.2, 0) is 11.2 Å². The first kappa shape index (κ1) is 18.5. The van der Waals surface area contributed by atoms with Gasteiger partial charge in [-0.15, -0.1) is 12.4 Å². The number of rotatable bonds is 4. The minimum Gasteiger partial charge on any atom is -0.352 e. The molecule has 1 unspecified atom stereocenters. The molecule has 0 heterocycles. The molecule has 1 saturated carbocycles. The molecule has 0 aliphatic heterocycles. The lowest BCUT2D eigenvalue weighted by atomic mass is 9.81. The quantitative estimate of drug-likeness (QED) is 0.845. The Hall–Kier alpha value is -0.580. The molecule has 1 aromatic rings. The second-order valence-electron chi connectivity index (χ2n) is 5.92. The minimum absolute atomic E-state index is 0. The van der Waals surface area contributed by atoms with Crippen molar-refractivity contribution in [1.82, 2.24) is 5.32 Å². The minimum atomic E-state index is -0.647. The van der Waals surface area contributed by atoms with Gasteiger partial charge in [0.05, 0.1) is 5.54 Å². The zero-order valence-electron chi connectivity index (χ0n) is 12.4. The average molecular weight is 376 g/mol. The van der Waals surface area contributed by atoms with Crippen molar-refractivity contribution in [1.29, 1.82) is 0 Å². The van der Waals surface area contributed by atoms with Gasteiger partial charge in [-0.25, -0.2) is 0 Å². The number of carbonyl (C=O) groups is 1. The molecule has 3 N–H and O–H groups in total. The van der Waals surface area contributed by atoms with E-state index in [1.165, 1.54) is 12.0 Å². The summed E-state index contributed by atoms with van der Waals surface area (Å²) >= 11 is 3.42. The fourth-order valence-corrected chi connectivity index (χ4v) is 3.07. The highest BCUT2D eigenvalue weighted by molar-refractivity contribution is 9.10. The molecule has 1 fully saturated rings. The third kappa shape index (κ3) is 5.28. The van der Waals surface area contributed by atoms with E-state index in [0.717, 1.165) is 36.6 Å². The average Bonchev–Trinajstić information content (AvgIpc) is 2.42. The summed E-state index contributed by atoms with van der Waals surface area (Å²) in [5, 5.41) is 3.08. The highest BCUT2D eigenvalue weighted by atomic mass is 79.9. The molecule has 1 aromatic carbocycles. The lowest BCUT2D eigenvalue weighted by molar-refractivity contribution is -0.128. The molecule has 2 rings (SSSR count). The van der Waals surface area contributed by atoms with Gasteiger partial charge in [0.2, 0.25) is 5.91 Å². The third-order valence-electron chi connectivity index (χ3n) is 4.03. The molecular formula is C16H24BrClN2O. The van der Waals surface area contributed by atoms with Crippen LogP contribution in [0.15, 0.2) is 28.7 Å². The summed E-state index contributed by atoms with van der Waals surface area (Å²) in [6, 6.07) is 8.30. The Morgan fingerprint density at radius 3 is 2.43 bits per heavy atom. The number of nitrogens with two attached hydrogens (primary N) is 1. The molecule has 0 aromatic heterocycles. The van der Waals surface area contributed by atoms with Crippen molar-refractivity contribution in [2.75, 3.05) is 0 Å². The van der Waals surface area contributed by atoms with Crippen LogP contribution < -0.4 is 11.1 Å². The number of carbonyl (C=O) groups excluding carboxylic acids is 1. The van der Waals surface area contributed by atoms with E-state index in [1.54, 1.807) is 0 Å². The first-order chi connectivity index (χ1) is 9.49. The third-order valence-corrected chi connectivity index (χ3v) is 4.56. The Kier molecular flexibility index (Phi) is 7.17. The standard InChI is InChI=1S/C16H23BrN2O.ClH/c1-12(11-13-5-7-14(17)8-6-13)19-15(20)16(18)9-3-2-4-10-16;/h5-8,12H,2-4,9-11,18H2,1H3,(H,19,20);1H. The van der Waals surface area contributed by atoms with Gasteiger partial charge in [0.25, 0.3) is 0 Å². The van der Waals surface area contributed by atoms with Crippen molar-refractivity contribution >= 4 is 34.2 Å². The van der Waals surface area contributed by atoms with Gasteiger partial charge in [-0.1, -0.05) is 47.3 Å². The van der Waals surface area contributed by atoms with E-state index in [2.05, 4.69) is 33.4 Å². The highest BCUT2D eigenvalue weighted by Crippen LogP contribution is 2.26. The van der Waals surface area contributed by atoms with Gasteiger partial charge in [0.1, 0.15) is 0 Å². The highest BCUT2D eigenvalue weighted by Gasteiger charge is 2.35.